The van der Waals surface area contributed by atoms with Crippen LogP contribution in [0.3, 0.4) is 0 Å². The van der Waals surface area contributed by atoms with Crippen molar-refractivity contribution < 1.29 is 61.6 Å². The first-order valence-corrected chi connectivity index (χ1v) is 47.8. The Hall–Kier alpha value is -0.210. The number of nitrogens with one attached hydrogen (secondary N) is 3. The highest BCUT2D eigenvalue weighted by atomic mass is 31.2. The van der Waals surface area contributed by atoms with Crippen LogP contribution in [-0.4, -0.2) is 224 Å². The molecule has 0 saturated heterocycles. The molecule has 0 amide bonds. The zero-order valence-electron chi connectivity index (χ0n) is 84.1. The molecule has 0 radical (unpaired) electrons. The van der Waals surface area contributed by atoms with Crippen molar-refractivity contribution in [1.82, 2.24) is 16.0 Å². The molecule has 3 N–H and O–H groups in total. The minimum atomic E-state index is -0.784. The fraction of sp³-hybridized carbons (Fsp3) is 1.00. The van der Waals surface area contributed by atoms with Gasteiger partial charge in [-0.2, -0.15) is 0 Å². The molecule has 0 aromatic heterocycles. The van der Waals surface area contributed by atoms with Crippen molar-refractivity contribution in [2.45, 2.75) is 489 Å². The second-order valence-corrected chi connectivity index (χ2v) is 44.5. The van der Waals surface area contributed by atoms with Crippen molar-refractivity contribution in [3.8, 4) is 0 Å². The lowest BCUT2D eigenvalue weighted by Gasteiger charge is -2.41. The molecule has 686 valence electrons. The van der Waals surface area contributed by atoms with Gasteiger partial charge in [0.25, 0.3) is 0 Å². The Morgan fingerprint density at radius 1 is 0.214 bits per heavy atom. The lowest BCUT2D eigenvalue weighted by Crippen LogP contribution is -2.50. The van der Waals surface area contributed by atoms with Gasteiger partial charge >= 0.3 is 0 Å². The van der Waals surface area contributed by atoms with Crippen molar-refractivity contribution in [3.63, 3.8) is 0 Å². The lowest BCUT2D eigenvalue weighted by molar-refractivity contribution is -0.198. The van der Waals surface area contributed by atoms with Crippen molar-refractivity contribution in [2.75, 3.05) is 92.3 Å². The third kappa shape index (κ3) is 89.1. The fourth-order valence-corrected chi connectivity index (χ4v) is 19.3. The van der Waals surface area contributed by atoms with Crippen LogP contribution in [0.15, 0.2) is 0 Å². The largest absolute Gasteiger partial charge is 0.378 e. The molecule has 0 saturated carbocycles. The molecular formula is C95H209N3O13P+. The summed E-state index contributed by atoms with van der Waals surface area (Å²) < 4.78 is 74.2. The molecule has 17 heteroatoms. The topological polar surface area (TPSA) is 156 Å². The summed E-state index contributed by atoms with van der Waals surface area (Å²) in [6, 6.07) is 1.77. The maximum absolute atomic E-state index is 6.11. The van der Waals surface area contributed by atoms with Crippen LogP contribution >= 0.6 is 7.26 Å². The van der Waals surface area contributed by atoms with Crippen LogP contribution in [0.25, 0.3) is 0 Å². The first kappa shape index (κ1) is 125. The molecule has 16 nitrogen and oxygen atoms in total. The van der Waals surface area contributed by atoms with Gasteiger partial charge in [0, 0.05) is 43.8 Å². The van der Waals surface area contributed by atoms with Crippen LogP contribution in [0.1, 0.15) is 357 Å². The van der Waals surface area contributed by atoms with E-state index in [-0.39, 0.29) is 67.1 Å². The van der Waals surface area contributed by atoms with Gasteiger partial charge in [-0.1, -0.05) is 102 Å². The van der Waals surface area contributed by atoms with E-state index >= 15 is 0 Å². The third-order valence-corrected chi connectivity index (χ3v) is 24.8. The van der Waals surface area contributed by atoms with E-state index in [0.717, 1.165) is 85.8 Å². The number of hydrogen-bond donors (Lipinski definition) is 3. The van der Waals surface area contributed by atoms with E-state index in [4.69, 9.17) is 61.6 Å². The molecule has 0 aromatic rings. The van der Waals surface area contributed by atoms with Gasteiger partial charge in [-0.3, -0.25) is 0 Å². The van der Waals surface area contributed by atoms with Crippen molar-refractivity contribution in [3.05, 3.63) is 0 Å². The Bertz CT molecular complexity index is 1560. The average molecular weight is 1630 g/mol. The zero-order chi connectivity index (χ0) is 88.6. The highest BCUT2D eigenvalue weighted by Crippen LogP contribution is 2.73. The van der Waals surface area contributed by atoms with Gasteiger partial charge in [-0.15, -0.1) is 0 Å². The van der Waals surface area contributed by atoms with Gasteiger partial charge in [-0.25, -0.2) is 0 Å². The summed E-state index contributed by atoms with van der Waals surface area (Å²) in [5.74, 6) is 4.68. The highest BCUT2D eigenvalue weighted by Gasteiger charge is 2.50. The number of rotatable bonds is 59. The second-order valence-electron chi connectivity index (χ2n) is 38.6. The van der Waals surface area contributed by atoms with Gasteiger partial charge in [0.05, 0.1) is 175 Å². The minimum Gasteiger partial charge on any atom is -0.378 e. The van der Waals surface area contributed by atoms with Gasteiger partial charge in [0.15, 0.2) is 0 Å². The van der Waals surface area contributed by atoms with Gasteiger partial charge in [0.1, 0.15) is 11.7 Å². The Morgan fingerprint density at radius 2 is 0.429 bits per heavy atom. The van der Waals surface area contributed by atoms with E-state index in [1.165, 1.54) is 38.5 Å². The van der Waals surface area contributed by atoms with Crippen LogP contribution in [0.4, 0.5) is 0 Å². The second kappa shape index (κ2) is 76.9. The first-order chi connectivity index (χ1) is 51.5. The number of hydrogen-bond acceptors (Lipinski definition) is 16. The highest BCUT2D eigenvalue weighted by molar-refractivity contribution is 7.78. The molecule has 0 aliphatic heterocycles. The maximum atomic E-state index is 6.11. The minimum absolute atomic E-state index is 0.0369. The smallest absolute Gasteiger partial charge is 0.138 e. The SMILES string of the molecule is CC(C)CCC(CNC(C)C)CNC(C)C.CC(C)CCC(CNC(C)C)COC(C)C.CC(C)CCC(COC(C)C)COC(C)C.CC(C)OCC(COC(C)C)(COC(C)C)OC(C)C.CC(C)OCC(COC(C)C)COC(C)C.CC(C)OCC(COC(C)C)OC(C)C.CC(C)[P+](C(C)C)(C(C)C)C(C)C. The lowest BCUT2D eigenvalue weighted by atomic mass is 9.97. The van der Waals surface area contributed by atoms with Gasteiger partial charge in [-0.05, 0) is 297 Å². The average Bonchev–Trinajstić information content (AvgIpc) is 0.795. The Morgan fingerprint density at radius 3 is 0.634 bits per heavy atom. The van der Waals surface area contributed by atoms with Crippen LogP contribution in [0.5, 0.6) is 0 Å². The maximum Gasteiger partial charge on any atom is 0.138 e. The molecule has 0 rings (SSSR count). The summed E-state index contributed by atoms with van der Waals surface area (Å²) >= 11 is 0. The van der Waals surface area contributed by atoms with Gasteiger partial charge in [0.2, 0.25) is 0 Å². The molecule has 0 aromatic carbocycles. The van der Waals surface area contributed by atoms with Crippen LogP contribution in [0, 0.1) is 41.4 Å². The zero-order valence-corrected chi connectivity index (χ0v) is 85.0. The molecule has 0 fully saturated rings. The summed E-state index contributed by atoms with van der Waals surface area (Å²) in [6.07, 6.45) is 10.8. The third-order valence-electron chi connectivity index (χ3n) is 17.7. The Labute approximate surface area is 703 Å². The summed E-state index contributed by atoms with van der Waals surface area (Å²) in [6.45, 7) is 110. The van der Waals surface area contributed by atoms with E-state index in [0.29, 0.717) is 107 Å². The van der Waals surface area contributed by atoms with Crippen molar-refractivity contribution >= 4 is 7.26 Å². The molecule has 1 unspecified atom stereocenters. The van der Waals surface area contributed by atoms with Crippen LogP contribution in [0.2, 0.25) is 0 Å². The Balaban J connectivity index is -0.000000230. The Kier molecular flexibility index (Phi) is 85.8. The molecule has 0 spiro atoms. The van der Waals surface area contributed by atoms with E-state index in [2.05, 4.69) is 196 Å². The van der Waals surface area contributed by atoms with Crippen molar-refractivity contribution in [2.24, 2.45) is 41.4 Å². The predicted octanol–water partition coefficient (Wildman–Crippen LogP) is 24.0. The monoisotopic (exact) mass is 1630 g/mol. The molecule has 0 heterocycles. The molecule has 1 atom stereocenters. The van der Waals surface area contributed by atoms with Crippen LogP contribution in [-0.2, 0) is 61.6 Å². The van der Waals surface area contributed by atoms with Crippen molar-refractivity contribution in [1.29, 1.82) is 0 Å². The molecular weight excluding hydrogens is 1420 g/mol. The normalized spacial score (nSPS) is 12.9. The molecule has 112 heavy (non-hydrogen) atoms. The predicted molar refractivity (Wildman–Crippen MR) is 494 cm³/mol. The summed E-state index contributed by atoms with van der Waals surface area (Å²) in [5, 5.41) is 10.6. The van der Waals surface area contributed by atoms with Gasteiger partial charge < -0.3 is 77.5 Å². The summed E-state index contributed by atoms with van der Waals surface area (Å²) in [7, 11) is -0.784. The van der Waals surface area contributed by atoms with E-state index < -0.39 is 12.9 Å². The summed E-state index contributed by atoms with van der Waals surface area (Å²) in [5.41, 5.74) is 2.98. The fourth-order valence-electron chi connectivity index (χ4n) is 12.1. The summed E-state index contributed by atoms with van der Waals surface area (Å²) in [4.78, 5) is 0. The quantitative estimate of drug-likeness (QED) is 0.0494. The standard InChI is InChI=1S/C16H34O4.C14H32N2.C14H31NO.C14H30O2.C13H28O3.C12H26O3.C12H28P/c1-12(2)17-9-16(20-15(7)8,10-18-13(3)4)11-19-14(5)6;3*1-11(2)7-8-14(9-15-12(3)4)10-16-13(5)6;1-10(2)14-7-13(8-15-11(3)4)9-16-12(5)6;1-9(2)13-7-12(15-11(5)6)8-14-10(3)4;1-9(2)13(10(3)4,11(5)6)12(7)8/h12-15H,9-11H2,1-8H3;11-16H,7-10H2,1-6H3;11-15H,7-10H2,1-6H3;11-14H,7-10H2,1-6H3;10-13H,7-9H2,1-6H3;9-12H,7-8H2,1-6H3;9-12H,1-8H3/q;;;;;;+1. The molecule has 0 aliphatic rings. The van der Waals surface area contributed by atoms with Crippen LogP contribution < -0.4 is 16.0 Å². The van der Waals surface area contributed by atoms with E-state index in [1.807, 2.05) is 138 Å². The van der Waals surface area contributed by atoms with E-state index in [9.17, 15) is 0 Å². The van der Waals surface area contributed by atoms with E-state index in [1.54, 1.807) is 0 Å². The number of ether oxygens (including phenoxy) is 13. The molecule has 0 bridgehead atoms. The first-order valence-electron chi connectivity index (χ1n) is 45.7. The molecule has 0 aliphatic carbocycles.